The molecule has 16 heavy (non-hydrogen) atoms. The maximum Gasteiger partial charge on any atom is 0.120 e. The van der Waals surface area contributed by atoms with Gasteiger partial charge in [0.2, 0.25) is 0 Å². The number of benzene rings is 1. The van der Waals surface area contributed by atoms with Crippen molar-refractivity contribution in [3.05, 3.63) is 23.8 Å². The van der Waals surface area contributed by atoms with E-state index in [9.17, 15) is 0 Å². The van der Waals surface area contributed by atoms with Crippen LogP contribution in [-0.2, 0) is 6.54 Å². The molecule has 0 saturated carbocycles. The lowest BCUT2D eigenvalue weighted by Crippen LogP contribution is -2.45. The molecule has 0 atom stereocenters. The van der Waals surface area contributed by atoms with E-state index in [1.54, 1.807) is 7.11 Å². The van der Waals surface area contributed by atoms with Gasteiger partial charge in [-0.3, -0.25) is 0 Å². The SMILES string of the molecule is COc1ccc2c(c1)N(C)CC(C)(C)NC2. The van der Waals surface area contributed by atoms with Crippen molar-refractivity contribution in [2.45, 2.75) is 25.9 Å². The van der Waals surface area contributed by atoms with Crippen molar-refractivity contribution < 1.29 is 4.74 Å². The van der Waals surface area contributed by atoms with Crippen molar-refractivity contribution in [1.82, 2.24) is 5.32 Å². The Morgan fingerprint density at radius 1 is 1.38 bits per heavy atom. The van der Waals surface area contributed by atoms with Crippen LogP contribution in [0.3, 0.4) is 0 Å². The quantitative estimate of drug-likeness (QED) is 0.783. The van der Waals surface area contributed by atoms with Crippen molar-refractivity contribution in [3.8, 4) is 5.75 Å². The van der Waals surface area contributed by atoms with Gasteiger partial charge in [-0.1, -0.05) is 6.07 Å². The summed E-state index contributed by atoms with van der Waals surface area (Å²) in [6.07, 6.45) is 0. The Bertz CT molecular complexity index is 388. The predicted octanol–water partition coefficient (Wildman–Crippen LogP) is 2.01. The number of anilines is 1. The summed E-state index contributed by atoms with van der Waals surface area (Å²) in [6.45, 7) is 6.36. The lowest BCUT2D eigenvalue weighted by atomic mass is 10.1. The van der Waals surface area contributed by atoms with Crippen molar-refractivity contribution in [1.29, 1.82) is 0 Å². The van der Waals surface area contributed by atoms with Crippen LogP contribution in [0.25, 0.3) is 0 Å². The van der Waals surface area contributed by atoms with E-state index in [0.717, 1.165) is 18.8 Å². The van der Waals surface area contributed by atoms with Gasteiger partial charge in [0.15, 0.2) is 0 Å². The molecule has 0 fully saturated rings. The molecule has 3 nitrogen and oxygen atoms in total. The van der Waals surface area contributed by atoms with E-state index in [0.29, 0.717) is 0 Å². The zero-order valence-corrected chi connectivity index (χ0v) is 10.5. The van der Waals surface area contributed by atoms with Crippen molar-refractivity contribution in [3.63, 3.8) is 0 Å². The zero-order chi connectivity index (χ0) is 11.8. The molecule has 1 N–H and O–H groups in total. The normalized spacial score (nSPS) is 18.9. The van der Waals surface area contributed by atoms with Crippen molar-refractivity contribution in [2.24, 2.45) is 0 Å². The molecular weight excluding hydrogens is 200 g/mol. The van der Waals surface area contributed by atoms with E-state index in [1.165, 1.54) is 11.3 Å². The number of ether oxygens (including phenoxy) is 1. The van der Waals surface area contributed by atoms with E-state index >= 15 is 0 Å². The maximum atomic E-state index is 5.27. The van der Waals surface area contributed by atoms with Gasteiger partial charge in [0, 0.05) is 37.4 Å². The first-order chi connectivity index (χ1) is 7.52. The second-order valence-electron chi connectivity index (χ2n) is 5.09. The molecule has 0 spiro atoms. The number of likely N-dealkylation sites (N-methyl/N-ethyl adjacent to an activating group) is 1. The van der Waals surface area contributed by atoms with Crippen LogP contribution in [0.2, 0.25) is 0 Å². The molecule has 88 valence electrons. The third-order valence-corrected chi connectivity index (χ3v) is 3.09. The van der Waals surface area contributed by atoms with E-state index in [4.69, 9.17) is 4.74 Å². The second-order valence-corrected chi connectivity index (χ2v) is 5.09. The molecule has 0 bridgehead atoms. The third kappa shape index (κ3) is 2.14. The van der Waals surface area contributed by atoms with Gasteiger partial charge >= 0.3 is 0 Å². The molecule has 2 rings (SSSR count). The Hall–Kier alpha value is -1.22. The highest BCUT2D eigenvalue weighted by molar-refractivity contribution is 5.57. The minimum Gasteiger partial charge on any atom is -0.497 e. The van der Waals surface area contributed by atoms with Crippen LogP contribution in [-0.4, -0.2) is 26.2 Å². The largest absolute Gasteiger partial charge is 0.497 e. The molecule has 0 aromatic heterocycles. The maximum absolute atomic E-state index is 5.27. The third-order valence-electron chi connectivity index (χ3n) is 3.09. The van der Waals surface area contributed by atoms with E-state index in [1.807, 2.05) is 6.07 Å². The number of fused-ring (bicyclic) bond motifs is 1. The molecule has 0 amide bonds. The summed E-state index contributed by atoms with van der Waals surface area (Å²) in [5.74, 6) is 0.922. The summed E-state index contributed by atoms with van der Waals surface area (Å²) < 4.78 is 5.27. The minimum absolute atomic E-state index is 0.140. The minimum atomic E-state index is 0.140. The summed E-state index contributed by atoms with van der Waals surface area (Å²) >= 11 is 0. The van der Waals surface area contributed by atoms with Crippen LogP contribution in [0.15, 0.2) is 18.2 Å². The Kier molecular flexibility index (Phi) is 2.80. The number of hydrogen-bond donors (Lipinski definition) is 1. The van der Waals surface area contributed by atoms with Gasteiger partial charge in [0.05, 0.1) is 7.11 Å². The van der Waals surface area contributed by atoms with Gasteiger partial charge < -0.3 is 15.0 Å². The highest BCUT2D eigenvalue weighted by Crippen LogP contribution is 2.29. The standard InChI is InChI=1S/C13H20N2O/c1-13(2)9-15(3)12-7-11(16-4)6-5-10(12)8-14-13/h5-7,14H,8-9H2,1-4H3. The number of hydrogen-bond acceptors (Lipinski definition) is 3. The number of nitrogens with zero attached hydrogens (tertiary/aromatic N) is 1. The van der Waals surface area contributed by atoms with Crippen LogP contribution < -0.4 is 15.0 Å². The number of methoxy groups -OCH3 is 1. The molecule has 1 aromatic rings. The Morgan fingerprint density at radius 2 is 2.12 bits per heavy atom. The lowest BCUT2D eigenvalue weighted by molar-refractivity contribution is 0.401. The van der Waals surface area contributed by atoms with E-state index in [-0.39, 0.29) is 5.54 Å². The first-order valence-electron chi connectivity index (χ1n) is 5.65. The molecule has 1 heterocycles. The summed E-state index contributed by atoms with van der Waals surface area (Å²) in [5.41, 5.74) is 2.73. The summed E-state index contributed by atoms with van der Waals surface area (Å²) in [5, 5.41) is 3.56. The van der Waals surface area contributed by atoms with Gasteiger partial charge in [-0.05, 0) is 25.5 Å². The average molecular weight is 220 g/mol. The molecule has 1 aliphatic heterocycles. The molecule has 0 unspecified atom stereocenters. The Morgan fingerprint density at radius 3 is 2.81 bits per heavy atom. The molecule has 3 heteroatoms. The van der Waals surface area contributed by atoms with Gasteiger partial charge in [-0.2, -0.15) is 0 Å². The van der Waals surface area contributed by atoms with E-state index in [2.05, 4.69) is 43.2 Å². The highest BCUT2D eigenvalue weighted by atomic mass is 16.5. The van der Waals surface area contributed by atoms with Crippen LogP contribution in [0.4, 0.5) is 5.69 Å². The van der Waals surface area contributed by atoms with Gasteiger partial charge in [0.25, 0.3) is 0 Å². The average Bonchev–Trinajstić information content (AvgIpc) is 2.35. The highest BCUT2D eigenvalue weighted by Gasteiger charge is 2.24. The first-order valence-corrected chi connectivity index (χ1v) is 5.65. The Labute approximate surface area is 97.4 Å². The second kappa shape index (κ2) is 3.98. The van der Waals surface area contributed by atoms with Crippen LogP contribution in [0.5, 0.6) is 5.75 Å². The molecule has 0 saturated heterocycles. The van der Waals surface area contributed by atoms with Crippen LogP contribution in [0.1, 0.15) is 19.4 Å². The van der Waals surface area contributed by atoms with E-state index < -0.39 is 0 Å². The molecule has 0 radical (unpaired) electrons. The van der Waals surface area contributed by atoms with Gasteiger partial charge in [-0.25, -0.2) is 0 Å². The summed E-state index contributed by atoms with van der Waals surface area (Å²) in [4.78, 5) is 2.29. The van der Waals surface area contributed by atoms with Gasteiger partial charge in [0.1, 0.15) is 5.75 Å². The first kappa shape index (κ1) is 11.3. The molecule has 0 aliphatic carbocycles. The van der Waals surface area contributed by atoms with Crippen molar-refractivity contribution in [2.75, 3.05) is 25.6 Å². The van der Waals surface area contributed by atoms with Gasteiger partial charge in [-0.15, -0.1) is 0 Å². The zero-order valence-electron chi connectivity index (χ0n) is 10.5. The fraction of sp³-hybridized carbons (Fsp3) is 0.538. The smallest absolute Gasteiger partial charge is 0.120 e. The predicted molar refractivity (Wildman–Crippen MR) is 67.2 cm³/mol. The summed E-state index contributed by atoms with van der Waals surface area (Å²) in [7, 11) is 3.84. The topological polar surface area (TPSA) is 24.5 Å². The monoisotopic (exact) mass is 220 g/mol. The van der Waals surface area contributed by atoms with Crippen LogP contribution in [0, 0.1) is 0 Å². The molecule has 1 aromatic carbocycles. The molecule has 1 aliphatic rings. The van der Waals surface area contributed by atoms with Crippen molar-refractivity contribution >= 4 is 5.69 Å². The lowest BCUT2D eigenvalue weighted by Gasteiger charge is -2.29. The van der Waals surface area contributed by atoms with Crippen LogP contribution >= 0.6 is 0 Å². The molecular formula is C13H20N2O. The fourth-order valence-corrected chi connectivity index (χ4v) is 2.24. The summed E-state index contributed by atoms with van der Waals surface area (Å²) in [6, 6.07) is 6.27. The Balaban J connectivity index is 2.37. The number of nitrogens with one attached hydrogen (secondary N) is 1. The number of rotatable bonds is 1. The fourth-order valence-electron chi connectivity index (χ4n) is 2.24.